The quantitative estimate of drug-likeness (QED) is 0.776. The van der Waals surface area contributed by atoms with Crippen LogP contribution in [-0.2, 0) is 6.42 Å². The summed E-state index contributed by atoms with van der Waals surface area (Å²) in [5.74, 6) is -0.129. The van der Waals surface area contributed by atoms with Crippen molar-refractivity contribution in [2.75, 3.05) is 6.54 Å². The molecular weight excluding hydrogens is 237 g/mol. The Kier molecular flexibility index (Phi) is 4.62. The van der Waals surface area contributed by atoms with Crippen LogP contribution in [0, 0.1) is 18.2 Å². The first-order chi connectivity index (χ1) is 9.08. The number of hydrogen-bond donors (Lipinski definition) is 1. The molecule has 2 heteroatoms. The van der Waals surface area contributed by atoms with Crippen molar-refractivity contribution in [3.63, 3.8) is 0 Å². The van der Waals surface area contributed by atoms with E-state index in [1.807, 2.05) is 13.0 Å². The van der Waals surface area contributed by atoms with Crippen molar-refractivity contribution in [2.24, 2.45) is 5.41 Å². The molecule has 1 aliphatic carbocycles. The number of benzene rings is 1. The molecule has 0 unspecified atom stereocenters. The highest BCUT2D eigenvalue weighted by Gasteiger charge is 2.30. The zero-order valence-corrected chi connectivity index (χ0v) is 12.4. The lowest BCUT2D eigenvalue weighted by Crippen LogP contribution is -2.36. The Morgan fingerprint density at radius 2 is 1.95 bits per heavy atom. The predicted molar refractivity (Wildman–Crippen MR) is 78.9 cm³/mol. The maximum absolute atomic E-state index is 13.2. The van der Waals surface area contributed by atoms with E-state index in [0.717, 1.165) is 24.6 Å². The lowest BCUT2D eigenvalue weighted by atomic mass is 9.76. The summed E-state index contributed by atoms with van der Waals surface area (Å²) in [5.41, 5.74) is 2.69. The van der Waals surface area contributed by atoms with Gasteiger partial charge in [-0.15, -0.1) is 0 Å². The molecule has 1 aromatic carbocycles. The first-order valence-corrected chi connectivity index (χ1v) is 7.57. The number of halogens is 1. The number of nitrogens with one attached hydrogen (secondary N) is 1. The van der Waals surface area contributed by atoms with E-state index in [1.165, 1.54) is 31.2 Å². The van der Waals surface area contributed by atoms with Gasteiger partial charge in [-0.25, -0.2) is 4.39 Å². The van der Waals surface area contributed by atoms with Gasteiger partial charge in [-0.1, -0.05) is 19.9 Å². The van der Waals surface area contributed by atoms with Crippen LogP contribution in [0.2, 0.25) is 0 Å². The summed E-state index contributed by atoms with van der Waals surface area (Å²) in [6.07, 6.45) is 6.05. The van der Waals surface area contributed by atoms with E-state index in [0.29, 0.717) is 5.41 Å². The van der Waals surface area contributed by atoms with Crippen LogP contribution in [0.4, 0.5) is 4.39 Å². The van der Waals surface area contributed by atoms with E-state index >= 15 is 0 Å². The molecule has 0 heterocycles. The molecule has 2 rings (SSSR count). The van der Waals surface area contributed by atoms with Gasteiger partial charge in [-0.2, -0.15) is 0 Å². The Labute approximate surface area is 116 Å². The second-order valence-corrected chi connectivity index (χ2v) is 6.11. The summed E-state index contributed by atoms with van der Waals surface area (Å²) in [6, 6.07) is 5.96. The van der Waals surface area contributed by atoms with Gasteiger partial charge in [-0.3, -0.25) is 0 Å². The Morgan fingerprint density at radius 1 is 1.26 bits per heavy atom. The average Bonchev–Trinajstić information content (AvgIpc) is 3.21. The van der Waals surface area contributed by atoms with E-state index in [1.54, 1.807) is 12.1 Å². The van der Waals surface area contributed by atoms with Gasteiger partial charge in [0.05, 0.1) is 0 Å². The van der Waals surface area contributed by atoms with Gasteiger partial charge in [0.15, 0.2) is 0 Å². The van der Waals surface area contributed by atoms with Crippen LogP contribution in [0.5, 0.6) is 0 Å². The molecule has 1 saturated carbocycles. The molecule has 1 fully saturated rings. The first-order valence-electron chi connectivity index (χ1n) is 7.57. The maximum Gasteiger partial charge on any atom is 0.123 e. The molecule has 0 saturated heterocycles. The summed E-state index contributed by atoms with van der Waals surface area (Å²) in [4.78, 5) is 0. The lowest BCUT2D eigenvalue weighted by molar-refractivity contribution is 0.245. The molecule has 106 valence electrons. The Balaban J connectivity index is 2.09. The van der Waals surface area contributed by atoms with Gasteiger partial charge >= 0.3 is 0 Å². The lowest BCUT2D eigenvalue weighted by Gasteiger charge is -2.33. The van der Waals surface area contributed by atoms with Gasteiger partial charge in [0, 0.05) is 12.6 Å². The van der Waals surface area contributed by atoms with E-state index < -0.39 is 0 Å². The van der Waals surface area contributed by atoms with Crippen molar-refractivity contribution in [1.29, 1.82) is 0 Å². The van der Waals surface area contributed by atoms with Crippen LogP contribution in [-0.4, -0.2) is 12.6 Å². The van der Waals surface area contributed by atoms with Gasteiger partial charge < -0.3 is 5.32 Å². The first kappa shape index (κ1) is 14.5. The fourth-order valence-electron chi connectivity index (χ4n) is 2.72. The molecular formula is C17H26FN. The van der Waals surface area contributed by atoms with Crippen molar-refractivity contribution in [1.82, 2.24) is 5.32 Å². The molecule has 0 spiro atoms. The van der Waals surface area contributed by atoms with E-state index in [9.17, 15) is 4.39 Å². The average molecular weight is 263 g/mol. The van der Waals surface area contributed by atoms with E-state index in [4.69, 9.17) is 0 Å². The minimum atomic E-state index is -0.129. The van der Waals surface area contributed by atoms with Crippen molar-refractivity contribution in [2.45, 2.75) is 58.9 Å². The van der Waals surface area contributed by atoms with Crippen LogP contribution in [0.1, 0.15) is 50.7 Å². The van der Waals surface area contributed by atoms with Gasteiger partial charge in [0.25, 0.3) is 0 Å². The van der Waals surface area contributed by atoms with E-state index in [-0.39, 0.29) is 5.82 Å². The van der Waals surface area contributed by atoms with Crippen molar-refractivity contribution >= 4 is 0 Å². The van der Waals surface area contributed by atoms with Gasteiger partial charge in [0.1, 0.15) is 5.82 Å². The Hall–Kier alpha value is -0.890. The summed E-state index contributed by atoms with van der Waals surface area (Å²) < 4.78 is 13.2. The summed E-state index contributed by atoms with van der Waals surface area (Å²) in [6.45, 7) is 7.65. The zero-order chi connectivity index (χ0) is 13.9. The summed E-state index contributed by atoms with van der Waals surface area (Å²) >= 11 is 0. The molecule has 0 aliphatic heterocycles. The highest BCUT2D eigenvalue weighted by atomic mass is 19.1. The SMILES string of the molecule is CCC(CC)(CNC1CC1)Cc1ccc(F)cc1C. The fourth-order valence-corrected chi connectivity index (χ4v) is 2.72. The van der Waals surface area contributed by atoms with E-state index in [2.05, 4.69) is 19.2 Å². The van der Waals surface area contributed by atoms with Crippen LogP contribution in [0.25, 0.3) is 0 Å². The molecule has 1 nitrogen and oxygen atoms in total. The third-order valence-electron chi connectivity index (χ3n) is 4.71. The molecule has 19 heavy (non-hydrogen) atoms. The van der Waals surface area contributed by atoms with Crippen LogP contribution < -0.4 is 5.32 Å². The predicted octanol–water partition coefficient (Wildman–Crippen LogP) is 4.24. The fraction of sp³-hybridized carbons (Fsp3) is 0.647. The molecule has 0 radical (unpaired) electrons. The maximum atomic E-state index is 13.2. The molecule has 1 aliphatic rings. The van der Waals surface area contributed by atoms with Crippen molar-refractivity contribution < 1.29 is 4.39 Å². The summed E-state index contributed by atoms with van der Waals surface area (Å²) in [7, 11) is 0. The second-order valence-electron chi connectivity index (χ2n) is 6.11. The topological polar surface area (TPSA) is 12.0 Å². The zero-order valence-electron chi connectivity index (χ0n) is 12.4. The number of hydrogen-bond acceptors (Lipinski definition) is 1. The second kappa shape index (κ2) is 6.04. The molecule has 1 N–H and O–H groups in total. The largest absolute Gasteiger partial charge is 0.313 e. The van der Waals surface area contributed by atoms with Gasteiger partial charge in [0.2, 0.25) is 0 Å². The third kappa shape index (κ3) is 3.79. The standard InChI is InChI=1S/C17H26FN/c1-4-17(5-2,12-19-16-8-9-16)11-14-6-7-15(18)10-13(14)3/h6-7,10,16,19H,4-5,8-9,11-12H2,1-3H3. The van der Waals surface area contributed by atoms with Crippen molar-refractivity contribution in [3.8, 4) is 0 Å². The monoisotopic (exact) mass is 263 g/mol. The van der Waals surface area contributed by atoms with Crippen LogP contribution in [0.3, 0.4) is 0 Å². The van der Waals surface area contributed by atoms with Gasteiger partial charge in [-0.05, 0) is 67.7 Å². The third-order valence-corrected chi connectivity index (χ3v) is 4.71. The molecule has 0 aromatic heterocycles. The molecule has 0 atom stereocenters. The molecule has 0 bridgehead atoms. The Morgan fingerprint density at radius 3 is 2.47 bits per heavy atom. The smallest absolute Gasteiger partial charge is 0.123 e. The number of aryl methyl sites for hydroxylation is 1. The normalized spacial score (nSPS) is 15.8. The minimum absolute atomic E-state index is 0.129. The minimum Gasteiger partial charge on any atom is -0.313 e. The highest BCUT2D eigenvalue weighted by molar-refractivity contribution is 5.27. The molecule has 1 aromatic rings. The number of rotatable bonds is 7. The van der Waals surface area contributed by atoms with Crippen molar-refractivity contribution in [3.05, 3.63) is 35.1 Å². The summed E-state index contributed by atoms with van der Waals surface area (Å²) in [5, 5.41) is 3.68. The Bertz CT molecular complexity index is 419. The van der Waals surface area contributed by atoms with Crippen LogP contribution >= 0.6 is 0 Å². The van der Waals surface area contributed by atoms with Crippen LogP contribution in [0.15, 0.2) is 18.2 Å². The highest BCUT2D eigenvalue weighted by Crippen LogP contribution is 2.33. The molecule has 0 amide bonds.